The van der Waals surface area contributed by atoms with Gasteiger partial charge in [0.2, 0.25) is 5.91 Å². The number of rotatable bonds is 4. The number of carbonyl (C=O) groups excluding carboxylic acids is 1. The van der Waals surface area contributed by atoms with E-state index in [0.717, 1.165) is 16.9 Å². The summed E-state index contributed by atoms with van der Waals surface area (Å²) in [7, 11) is 3.45. The zero-order chi connectivity index (χ0) is 20.7. The van der Waals surface area contributed by atoms with E-state index < -0.39 is 0 Å². The van der Waals surface area contributed by atoms with Crippen molar-refractivity contribution in [2.24, 2.45) is 7.05 Å². The smallest absolute Gasteiger partial charge is 0.295 e. The number of nitrogens with zero attached hydrogens (tertiary/aromatic N) is 3. The van der Waals surface area contributed by atoms with Crippen LogP contribution in [0.2, 0.25) is 0 Å². The van der Waals surface area contributed by atoms with Gasteiger partial charge in [-0.25, -0.2) is 4.68 Å². The molecule has 0 N–H and O–H groups in total. The Morgan fingerprint density at radius 1 is 1.00 bits per heavy atom. The minimum absolute atomic E-state index is 0.0723. The Labute approximate surface area is 173 Å². The van der Waals surface area contributed by atoms with Crippen LogP contribution in [0.25, 0.3) is 5.69 Å². The predicted molar refractivity (Wildman–Crippen MR) is 116 cm³/mol. The molecule has 1 amide bonds. The van der Waals surface area contributed by atoms with Crippen molar-refractivity contribution in [3.63, 3.8) is 0 Å². The predicted octanol–water partition coefficient (Wildman–Crippen LogP) is 3.66. The highest BCUT2D eigenvalue weighted by Crippen LogP contribution is 2.47. The van der Waals surface area contributed by atoms with Crippen molar-refractivity contribution < 1.29 is 9.53 Å². The number of amides is 1. The van der Waals surface area contributed by atoms with Crippen LogP contribution in [0.3, 0.4) is 0 Å². The van der Waals surface area contributed by atoms with Crippen LogP contribution in [0.1, 0.15) is 23.6 Å². The van der Waals surface area contributed by atoms with E-state index in [2.05, 4.69) is 0 Å². The summed E-state index contributed by atoms with van der Waals surface area (Å²) in [5.41, 5.74) is 2.58. The average molecular weight is 410 g/mol. The van der Waals surface area contributed by atoms with E-state index in [1.165, 1.54) is 11.8 Å². The normalized spacial score (nSPS) is 19.0. The van der Waals surface area contributed by atoms with Crippen molar-refractivity contribution in [1.82, 2.24) is 9.36 Å². The van der Waals surface area contributed by atoms with E-state index in [1.807, 2.05) is 75.5 Å². The molecule has 0 unspecified atom stereocenters. The Morgan fingerprint density at radius 2 is 1.66 bits per heavy atom. The molecule has 0 radical (unpaired) electrons. The first-order chi connectivity index (χ1) is 14.0. The molecule has 3 aromatic rings. The van der Waals surface area contributed by atoms with Crippen LogP contribution in [0, 0.1) is 6.92 Å². The van der Waals surface area contributed by atoms with Crippen molar-refractivity contribution >= 4 is 23.4 Å². The fourth-order valence-corrected chi connectivity index (χ4v) is 5.05. The highest BCUT2D eigenvalue weighted by molar-refractivity contribution is 8.01. The van der Waals surface area contributed by atoms with Crippen LogP contribution < -0.4 is 15.2 Å². The number of anilines is 1. The number of methoxy groups -OCH3 is 1. The molecule has 4 rings (SSSR count). The Morgan fingerprint density at radius 3 is 2.34 bits per heavy atom. The van der Waals surface area contributed by atoms with Gasteiger partial charge in [-0.15, -0.1) is 11.8 Å². The molecule has 6 nitrogen and oxygen atoms in total. The Bertz CT molecular complexity index is 1120. The van der Waals surface area contributed by atoms with Crippen molar-refractivity contribution in [2.75, 3.05) is 12.0 Å². The maximum absolute atomic E-state index is 13.5. The molecule has 1 fully saturated rings. The third kappa shape index (κ3) is 3.06. The average Bonchev–Trinajstić information content (AvgIpc) is 3.14. The van der Waals surface area contributed by atoms with Crippen molar-refractivity contribution in [3.8, 4) is 11.4 Å². The summed E-state index contributed by atoms with van der Waals surface area (Å²) in [6.45, 7) is 3.75. The molecule has 0 spiro atoms. The molecule has 29 heavy (non-hydrogen) atoms. The van der Waals surface area contributed by atoms with Gasteiger partial charge >= 0.3 is 0 Å². The number of benzene rings is 2. The van der Waals surface area contributed by atoms with Crippen LogP contribution in [-0.4, -0.2) is 27.6 Å². The molecule has 1 aliphatic heterocycles. The number of thioether (sulfide) groups is 1. The molecule has 7 heteroatoms. The second-order valence-corrected chi connectivity index (χ2v) is 8.42. The zero-order valence-electron chi connectivity index (χ0n) is 16.8. The third-order valence-electron chi connectivity index (χ3n) is 5.32. The van der Waals surface area contributed by atoms with E-state index in [-0.39, 0.29) is 22.1 Å². The molecular weight excluding hydrogens is 386 g/mol. The molecule has 150 valence electrons. The number of ether oxygens (including phenoxy) is 1. The van der Waals surface area contributed by atoms with E-state index in [0.29, 0.717) is 11.4 Å². The van der Waals surface area contributed by atoms with E-state index in [1.54, 1.807) is 21.4 Å². The Hall–Kier alpha value is -2.93. The van der Waals surface area contributed by atoms with Crippen LogP contribution in [0.4, 0.5) is 5.69 Å². The topological polar surface area (TPSA) is 56.5 Å². The quantitative estimate of drug-likeness (QED) is 0.660. The molecule has 1 saturated heterocycles. The lowest BCUT2D eigenvalue weighted by molar-refractivity contribution is -0.117. The summed E-state index contributed by atoms with van der Waals surface area (Å²) in [5, 5.41) is -0.583. The number of hydrogen-bond donors (Lipinski definition) is 0. The van der Waals surface area contributed by atoms with Crippen molar-refractivity contribution in [3.05, 3.63) is 76.2 Å². The van der Waals surface area contributed by atoms with Gasteiger partial charge in [0.15, 0.2) is 0 Å². The molecule has 0 aliphatic carbocycles. The van der Waals surface area contributed by atoms with Gasteiger partial charge in [0.05, 0.1) is 23.7 Å². The van der Waals surface area contributed by atoms with Gasteiger partial charge in [0, 0.05) is 12.6 Å². The van der Waals surface area contributed by atoms with Gasteiger partial charge in [-0.2, -0.15) is 0 Å². The van der Waals surface area contributed by atoms with E-state index in [4.69, 9.17) is 4.74 Å². The summed E-state index contributed by atoms with van der Waals surface area (Å²) in [6.07, 6.45) is 0. The van der Waals surface area contributed by atoms with Gasteiger partial charge in [-0.05, 0) is 32.0 Å². The van der Waals surface area contributed by atoms with Gasteiger partial charge in [0.1, 0.15) is 16.8 Å². The fourth-order valence-electron chi connectivity index (χ4n) is 3.77. The highest BCUT2D eigenvalue weighted by Gasteiger charge is 2.43. The van der Waals surface area contributed by atoms with Gasteiger partial charge in [-0.1, -0.05) is 36.4 Å². The lowest BCUT2D eigenvalue weighted by Crippen LogP contribution is -2.34. The summed E-state index contributed by atoms with van der Waals surface area (Å²) in [5.74, 6) is 0.630. The fraction of sp³-hybridized carbons (Fsp3) is 0.273. The van der Waals surface area contributed by atoms with Crippen LogP contribution >= 0.6 is 11.8 Å². The Balaban J connectivity index is 1.91. The monoisotopic (exact) mass is 409 g/mol. The lowest BCUT2D eigenvalue weighted by atomic mass is 10.1. The lowest BCUT2D eigenvalue weighted by Gasteiger charge is -2.24. The number of aromatic nitrogens is 2. The summed E-state index contributed by atoms with van der Waals surface area (Å²) >= 11 is 1.53. The maximum atomic E-state index is 13.5. The summed E-state index contributed by atoms with van der Waals surface area (Å²) < 4.78 is 8.93. The number of hydrogen-bond acceptors (Lipinski definition) is 4. The molecule has 0 bridgehead atoms. The van der Waals surface area contributed by atoms with Crippen LogP contribution in [0.15, 0.2) is 59.4 Å². The molecule has 1 aromatic heterocycles. The molecule has 2 atom stereocenters. The van der Waals surface area contributed by atoms with Crippen molar-refractivity contribution in [2.45, 2.75) is 24.5 Å². The SMILES string of the molecule is COc1ccccc1[C@H]1S[C@@H](C)C(=O)N1c1c(C)n(C)n(-c2ccccc2)c1=O. The number of carbonyl (C=O) groups is 1. The first-order valence-corrected chi connectivity index (χ1v) is 10.4. The van der Waals surface area contributed by atoms with Crippen LogP contribution in [-0.2, 0) is 11.8 Å². The molecule has 2 heterocycles. The third-order valence-corrected chi connectivity index (χ3v) is 6.65. The van der Waals surface area contributed by atoms with Gasteiger partial charge in [-0.3, -0.25) is 19.2 Å². The second kappa shape index (κ2) is 7.48. The van der Waals surface area contributed by atoms with Gasteiger partial charge < -0.3 is 4.74 Å². The minimum atomic E-state index is -0.327. The summed E-state index contributed by atoms with van der Waals surface area (Å²) in [4.78, 5) is 28.3. The molecular formula is C22H23N3O3S. The standard InChI is InChI=1S/C22H23N3O3S/c1-14-19(21(27)25(23(14)3)16-10-6-5-7-11-16)24-20(26)15(2)29-22(24)17-12-8-9-13-18(17)28-4/h5-13,15,22H,1-4H3/t15-,22+/m0/s1. The maximum Gasteiger partial charge on any atom is 0.295 e. The van der Waals surface area contributed by atoms with Crippen molar-refractivity contribution in [1.29, 1.82) is 0 Å². The first kappa shape index (κ1) is 19.4. The van der Waals surface area contributed by atoms with Crippen LogP contribution in [0.5, 0.6) is 5.75 Å². The summed E-state index contributed by atoms with van der Waals surface area (Å²) in [6, 6.07) is 17.1. The second-order valence-electron chi connectivity index (χ2n) is 6.99. The largest absolute Gasteiger partial charge is 0.496 e. The molecule has 2 aromatic carbocycles. The Kier molecular flexibility index (Phi) is 5.00. The molecule has 0 saturated carbocycles. The van der Waals surface area contributed by atoms with E-state index in [9.17, 15) is 9.59 Å². The highest BCUT2D eigenvalue weighted by atomic mass is 32.2. The zero-order valence-corrected chi connectivity index (χ0v) is 17.6. The van der Waals surface area contributed by atoms with Gasteiger partial charge in [0.25, 0.3) is 5.56 Å². The first-order valence-electron chi connectivity index (χ1n) is 9.41. The minimum Gasteiger partial charge on any atom is -0.496 e. The molecule has 1 aliphatic rings. The van der Waals surface area contributed by atoms with E-state index >= 15 is 0 Å². The number of para-hydroxylation sites is 2.